The largest absolute Gasteiger partial charge is 0.373 e. The molecule has 0 amide bonds. The number of ether oxygens (including phenoxy) is 2. The smallest absolute Gasteiger partial charge is 0.0845 e. The maximum atomic E-state index is 5.43. The Kier molecular flexibility index (Phi) is 0.968. The molecule has 56 valence electrons. The summed E-state index contributed by atoms with van der Waals surface area (Å²) < 4.78 is 10.7. The van der Waals surface area contributed by atoms with E-state index in [0.717, 1.165) is 12.5 Å². The lowest BCUT2D eigenvalue weighted by molar-refractivity contribution is 0.279. The third-order valence-electron chi connectivity index (χ3n) is 2.93. The molecule has 0 spiro atoms. The minimum absolute atomic E-state index is 0.616. The Hall–Kier alpha value is -0.0800. The highest BCUT2D eigenvalue weighted by Gasteiger charge is 2.48. The lowest BCUT2D eigenvalue weighted by atomic mass is 9.87. The third kappa shape index (κ3) is 0.789. The van der Waals surface area contributed by atoms with Crippen LogP contribution < -0.4 is 0 Å². The Morgan fingerprint density at radius 1 is 1.00 bits per heavy atom. The van der Waals surface area contributed by atoms with Crippen LogP contribution in [-0.2, 0) is 9.47 Å². The van der Waals surface area contributed by atoms with Gasteiger partial charge in [0.25, 0.3) is 0 Å². The lowest BCUT2D eigenvalue weighted by Crippen LogP contribution is -2.17. The molecular weight excluding hydrogens is 128 g/mol. The summed E-state index contributed by atoms with van der Waals surface area (Å²) in [7, 11) is 0. The highest BCUT2D eigenvalue weighted by molar-refractivity contribution is 4.96. The van der Waals surface area contributed by atoms with Crippen molar-refractivity contribution >= 4 is 0 Å². The fraction of sp³-hybridized carbons (Fsp3) is 1.00. The molecule has 0 aromatic heterocycles. The predicted molar refractivity (Wildman–Crippen MR) is 35.7 cm³/mol. The van der Waals surface area contributed by atoms with Crippen LogP contribution in [0.3, 0.4) is 0 Å². The van der Waals surface area contributed by atoms with Gasteiger partial charge in [0.2, 0.25) is 0 Å². The maximum Gasteiger partial charge on any atom is 0.0845 e. The zero-order valence-corrected chi connectivity index (χ0v) is 5.95. The molecule has 0 radical (unpaired) electrons. The maximum absolute atomic E-state index is 5.43. The van der Waals surface area contributed by atoms with E-state index in [1.54, 1.807) is 0 Å². The van der Waals surface area contributed by atoms with Crippen molar-refractivity contribution in [3.05, 3.63) is 0 Å². The normalized spacial score (nSPS) is 57.6. The highest BCUT2D eigenvalue weighted by Crippen LogP contribution is 2.43. The molecule has 0 unspecified atom stereocenters. The first-order valence-corrected chi connectivity index (χ1v) is 4.20. The minimum Gasteiger partial charge on any atom is -0.373 e. The fourth-order valence-corrected chi connectivity index (χ4v) is 2.10. The first-order chi connectivity index (χ1) is 4.93. The Balaban J connectivity index is 1.65. The van der Waals surface area contributed by atoms with Crippen molar-refractivity contribution in [2.45, 2.75) is 37.6 Å². The van der Waals surface area contributed by atoms with Crippen LogP contribution in [0.5, 0.6) is 0 Å². The van der Waals surface area contributed by atoms with Gasteiger partial charge in [-0.2, -0.15) is 0 Å². The van der Waals surface area contributed by atoms with Crippen LogP contribution in [0.2, 0.25) is 0 Å². The van der Waals surface area contributed by atoms with E-state index in [1.807, 2.05) is 0 Å². The second-order valence-corrected chi connectivity index (χ2v) is 3.66. The van der Waals surface area contributed by atoms with E-state index in [0.29, 0.717) is 18.3 Å². The summed E-state index contributed by atoms with van der Waals surface area (Å²) >= 11 is 0. The molecule has 2 saturated heterocycles. The van der Waals surface area contributed by atoms with Crippen LogP contribution >= 0.6 is 0 Å². The van der Waals surface area contributed by atoms with Gasteiger partial charge in [0, 0.05) is 0 Å². The predicted octanol–water partition coefficient (Wildman–Crippen LogP) is 0.953. The topological polar surface area (TPSA) is 25.1 Å². The summed E-state index contributed by atoms with van der Waals surface area (Å²) in [5.41, 5.74) is 0. The van der Waals surface area contributed by atoms with Gasteiger partial charge in [0.05, 0.1) is 24.9 Å². The molecule has 0 bridgehead atoms. The van der Waals surface area contributed by atoms with Crippen LogP contribution in [-0.4, -0.2) is 24.9 Å². The lowest BCUT2D eigenvalue weighted by Gasteiger charge is -2.15. The molecule has 3 aliphatic rings. The summed E-state index contributed by atoms with van der Waals surface area (Å²) in [4.78, 5) is 0. The molecule has 2 heteroatoms. The monoisotopic (exact) mass is 140 g/mol. The van der Waals surface area contributed by atoms with E-state index in [9.17, 15) is 0 Å². The Morgan fingerprint density at radius 3 is 2.60 bits per heavy atom. The van der Waals surface area contributed by atoms with Gasteiger partial charge in [0.1, 0.15) is 0 Å². The fourth-order valence-electron chi connectivity index (χ4n) is 2.10. The molecule has 1 aliphatic carbocycles. The van der Waals surface area contributed by atoms with Gasteiger partial charge >= 0.3 is 0 Å². The van der Waals surface area contributed by atoms with Crippen LogP contribution in [0.25, 0.3) is 0 Å². The Labute approximate surface area is 60.5 Å². The molecule has 0 aromatic carbocycles. The van der Waals surface area contributed by atoms with Crippen molar-refractivity contribution in [1.82, 2.24) is 0 Å². The first-order valence-electron chi connectivity index (χ1n) is 4.20. The van der Waals surface area contributed by atoms with Crippen molar-refractivity contribution in [2.24, 2.45) is 5.92 Å². The summed E-state index contributed by atoms with van der Waals surface area (Å²) in [6.07, 6.45) is 5.79. The van der Waals surface area contributed by atoms with E-state index in [1.165, 1.54) is 19.3 Å². The van der Waals surface area contributed by atoms with E-state index in [-0.39, 0.29) is 0 Å². The average molecular weight is 140 g/mol. The third-order valence-corrected chi connectivity index (χ3v) is 2.93. The van der Waals surface area contributed by atoms with Gasteiger partial charge in [-0.15, -0.1) is 0 Å². The molecule has 3 rings (SSSR count). The van der Waals surface area contributed by atoms with Crippen molar-refractivity contribution in [3.63, 3.8) is 0 Å². The molecule has 3 fully saturated rings. The van der Waals surface area contributed by atoms with Crippen LogP contribution in [0, 0.1) is 5.92 Å². The van der Waals surface area contributed by atoms with Gasteiger partial charge in [-0.05, 0) is 25.2 Å². The Morgan fingerprint density at radius 2 is 1.90 bits per heavy atom. The summed E-state index contributed by atoms with van der Waals surface area (Å²) in [5.74, 6) is 0.837. The van der Waals surface area contributed by atoms with Crippen LogP contribution in [0.15, 0.2) is 0 Å². The van der Waals surface area contributed by atoms with E-state index < -0.39 is 0 Å². The van der Waals surface area contributed by atoms with E-state index in [2.05, 4.69) is 0 Å². The van der Waals surface area contributed by atoms with Gasteiger partial charge in [-0.1, -0.05) is 0 Å². The van der Waals surface area contributed by atoms with Gasteiger partial charge < -0.3 is 9.47 Å². The molecule has 2 nitrogen and oxygen atoms in total. The van der Waals surface area contributed by atoms with Crippen molar-refractivity contribution < 1.29 is 9.47 Å². The van der Waals surface area contributed by atoms with Crippen molar-refractivity contribution in [2.75, 3.05) is 6.61 Å². The standard InChI is InChI=1S/C8H12O2/c1-2-6-7(10-6)3-5(1)8-4-9-8/h5-8H,1-4H2/t5-,6+,7-,8-/m0/s1. The molecule has 0 aromatic rings. The minimum atomic E-state index is 0.616. The summed E-state index contributed by atoms with van der Waals surface area (Å²) in [6.45, 7) is 1.02. The molecular formula is C8H12O2. The molecule has 0 N–H and O–H groups in total. The van der Waals surface area contributed by atoms with Gasteiger partial charge in [-0.25, -0.2) is 0 Å². The number of rotatable bonds is 1. The van der Waals surface area contributed by atoms with E-state index >= 15 is 0 Å². The number of epoxide rings is 2. The summed E-state index contributed by atoms with van der Waals surface area (Å²) in [5, 5.41) is 0. The average Bonchev–Trinajstić information content (AvgIpc) is 2.83. The molecule has 4 atom stereocenters. The number of hydrogen-bond acceptors (Lipinski definition) is 2. The second kappa shape index (κ2) is 1.74. The molecule has 2 aliphatic heterocycles. The van der Waals surface area contributed by atoms with Crippen molar-refractivity contribution in [3.8, 4) is 0 Å². The second-order valence-electron chi connectivity index (χ2n) is 3.66. The zero-order valence-electron chi connectivity index (χ0n) is 5.95. The van der Waals surface area contributed by atoms with E-state index in [4.69, 9.17) is 9.47 Å². The summed E-state index contributed by atoms with van der Waals surface area (Å²) in [6, 6.07) is 0. The number of fused-ring (bicyclic) bond motifs is 1. The molecule has 1 saturated carbocycles. The van der Waals surface area contributed by atoms with Crippen molar-refractivity contribution in [1.29, 1.82) is 0 Å². The van der Waals surface area contributed by atoms with Crippen LogP contribution in [0.1, 0.15) is 19.3 Å². The first kappa shape index (κ1) is 5.56. The number of hydrogen-bond donors (Lipinski definition) is 0. The van der Waals surface area contributed by atoms with Gasteiger partial charge in [0.15, 0.2) is 0 Å². The molecule has 2 heterocycles. The zero-order chi connectivity index (χ0) is 6.55. The van der Waals surface area contributed by atoms with Gasteiger partial charge in [-0.3, -0.25) is 0 Å². The Bertz CT molecular complexity index is 153. The molecule has 10 heavy (non-hydrogen) atoms. The SMILES string of the molecule is C1C[C@H]2O[C@H]2C[C@H]1[C@@H]1CO1. The van der Waals surface area contributed by atoms with Crippen LogP contribution in [0.4, 0.5) is 0 Å². The quantitative estimate of drug-likeness (QED) is 0.507. The highest BCUT2D eigenvalue weighted by atomic mass is 16.6.